The van der Waals surface area contributed by atoms with Crippen LogP contribution in [0.5, 0.6) is 5.75 Å². The van der Waals surface area contributed by atoms with Crippen molar-refractivity contribution in [1.29, 1.82) is 0 Å². The predicted octanol–water partition coefficient (Wildman–Crippen LogP) is 2.92. The molecule has 32 heavy (non-hydrogen) atoms. The zero-order valence-electron chi connectivity index (χ0n) is 18.6. The molecule has 2 aliphatic rings. The Labute approximate surface area is 186 Å². The van der Waals surface area contributed by atoms with E-state index >= 15 is 0 Å². The van der Waals surface area contributed by atoms with Crippen molar-refractivity contribution in [3.63, 3.8) is 0 Å². The van der Waals surface area contributed by atoms with E-state index in [1.165, 1.54) is 13.1 Å². The molecular formula is C24H26N6O2. The van der Waals surface area contributed by atoms with E-state index in [4.69, 9.17) is 19.4 Å². The molecule has 0 amide bonds. The molecule has 3 aromatic heterocycles. The number of benzene rings is 1. The van der Waals surface area contributed by atoms with E-state index in [-0.39, 0.29) is 6.79 Å². The van der Waals surface area contributed by atoms with Crippen LogP contribution in [0, 0.1) is 5.41 Å². The standard InChI is InChI=1S/C24H26N6O2/c1-28-11-24(12-28)13-30(14-24)23-7-6-19-20(26-23)5-4-18(25-19)17-8-16-10-29(2)27-21(16)9-22(17)32-15-31-3/h4-10H,11-15H2,1-3H3. The minimum absolute atomic E-state index is 0.164. The Balaban J connectivity index is 1.33. The van der Waals surface area contributed by atoms with Crippen LogP contribution in [-0.2, 0) is 11.8 Å². The van der Waals surface area contributed by atoms with Crippen LogP contribution >= 0.6 is 0 Å². The van der Waals surface area contributed by atoms with Crippen LogP contribution in [0.15, 0.2) is 42.6 Å². The van der Waals surface area contributed by atoms with Crippen molar-refractivity contribution in [3.8, 4) is 17.0 Å². The molecule has 0 N–H and O–H groups in total. The smallest absolute Gasteiger partial charge is 0.188 e. The van der Waals surface area contributed by atoms with Crippen molar-refractivity contribution in [2.45, 2.75) is 0 Å². The Hall–Kier alpha value is -3.23. The third-order valence-corrected chi connectivity index (χ3v) is 6.44. The number of likely N-dealkylation sites (tertiary alicyclic amines) is 1. The zero-order chi connectivity index (χ0) is 21.9. The molecule has 0 bridgehead atoms. The monoisotopic (exact) mass is 430 g/mol. The summed E-state index contributed by atoms with van der Waals surface area (Å²) in [5, 5.41) is 5.53. The van der Waals surface area contributed by atoms with Gasteiger partial charge in [-0.05, 0) is 37.4 Å². The van der Waals surface area contributed by atoms with Gasteiger partial charge in [0.15, 0.2) is 6.79 Å². The summed E-state index contributed by atoms with van der Waals surface area (Å²) in [7, 11) is 5.71. The summed E-state index contributed by atoms with van der Waals surface area (Å²) >= 11 is 0. The van der Waals surface area contributed by atoms with E-state index in [9.17, 15) is 0 Å². The lowest BCUT2D eigenvalue weighted by Gasteiger charge is -2.59. The second kappa shape index (κ2) is 7.15. The van der Waals surface area contributed by atoms with Gasteiger partial charge in [-0.15, -0.1) is 0 Å². The lowest BCUT2D eigenvalue weighted by Crippen LogP contribution is -2.71. The van der Waals surface area contributed by atoms with Gasteiger partial charge in [-0.1, -0.05) is 0 Å². The van der Waals surface area contributed by atoms with Gasteiger partial charge in [0.05, 0.1) is 22.2 Å². The topological polar surface area (TPSA) is 68.5 Å². The first-order chi connectivity index (χ1) is 15.5. The summed E-state index contributed by atoms with van der Waals surface area (Å²) < 4.78 is 12.8. The van der Waals surface area contributed by atoms with Crippen LogP contribution in [0.3, 0.4) is 0 Å². The fourth-order valence-electron chi connectivity index (χ4n) is 5.17. The summed E-state index contributed by atoms with van der Waals surface area (Å²) in [6.07, 6.45) is 1.99. The number of methoxy groups -OCH3 is 1. The van der Waals surface area contributed by atoms with E-state index in [0.717, 1.165) is 52.1 Å². The Morgan fingerprint density at radius 3 is 2.50 bits per heavy atom. The van der Waals surface area contributed by atoms with Crippen molar-refractivity contribution in [3.05, 3.63) is 42.6 Å². The van der Waals surface area contributed by atoms with Gasteiger partial charge in [0.2, 0.25) is 0 Å². The van der Waals surface area contributed by atoms with Gasteiger partial charge in [-0.25, -0.2) is 9.97 Å². The summed E-state index contributed by atoms with van der Waals surface area (Å²) in [6, 6.07) is 12.2. The van der Waals surface area contributed by atoms with Crippen LogP contribution < -0.4 is 9.64 Å². The Morgan fingerprint density at radius 2 is 1.72 bits per heavy atom. The predicted molar refractivity (Wildman–Crippen MR) is 124 cm³/mol. The highest BCUT2D eigenvalue weighted by Gasteiger charge is 2.50. The summed E-state index contributed by atoms with van der Waals surface area (Å²) in [5.74, 6) is 1.74. The van der Waals surface area contributed by atoms with E-state index < -0.39 is 0 Å². The van der Waals surface area contributed by atoms with Gasteiger partial charge in [-0.3, -0.25) is 4.68 Å². The van der Waals surface area contributed by atoms with Crippen LogP contribution in [0.25, 0.3) is 33.2 Å². The molecule has 2 fully saturated rings. The van der Waals surface area contributed by atoms with E-state index in [0.29, 0.717) is 11.2 Å². The number of aryl methyl sites for hydroxylation is 1. The molecule has 6 rings (SSSR count). The minimum Gasteiger partial charge on any atom is -0.467 e. The van der Waals surface area contributed by atoms with Gasteiger partial charge in [0.1, 0.15) is 11.6 Å². The van der Waals surface area contributed by atoms with Crippen molar-refractivity contribution >= 4 is 27.8 Å². The lowest BCUT2D eigenvalue weighted by molar-refractivity contribution is -0.00276. The number of pyridine rings is 2. The normalized spacial score (nSPS) is 17.7. The highest BCUT2D eigenvalue weighted by molar-refractivity contribution is 5.89. The quantitative estimate of drug-likeness (QED) is 0.451. The molecule has 2 aliphatic heterocycles. The Bertz CT molecular complexity index is 1320. The average Bonchev–Trinajstić information content (AvgIpc) is 3.11. The molecular weight excluding hydrogens is 404 g/mol. The zero-order valence-corrected chi connectivity index (χ0v) is 18.6. The molecule has 1 aromatic carbocycles. The molecule has 5 heterocycles. The van der Waals surface area contributed by atoms with Crippen molar-refractivity contribution < 1.29 is 9.47 Å². The molecule has 8 nitrogen and oxygen atoms in total. The molecule has 0 saturated carbocycles. The second-order valence-electron chi connectivity index (χ2n) is 9.19. The minimum atomic E-state index is 0.164. The van der Waals surface area contributed by atoms with Gasteiger partial charge >= 0.3 is 0 Å². The maximum absolute atomic E-state index is 5.85. The summed E-state index contributed by atoms with van der Waals surface area (Å²) in [4.78, 5) is 14.5. The lowest BCUT2D eigenvalue weighted by atomic mass is 9.73. The molecule has 0 aliphatic carbocycles. The summed E-state index contributed by atoms with van der Waals surface area (Å²) in [6.45, 7) is 4.73. The van der Waals surface area contributed by atoms with Crippen molar-refractivity contribution in [2.24, 2.45) is 12.5 Å². The SMILES string of the molecule is COCOc1cc2nn(C)cc2cc1-c1ccc2nc(N3CC4(CN(C)C4)C3)ccc2n1. The average molecular weight is 431 g/mol. The third-order valence-electron chi connectivity index (χ3n) is 6.44. The fraction of sp³-hybridized carbons (Fsp3) is 0.375. The van der Waals surface area contributed by atoms with Crippen molar-refractivity contribution in [2.75, 3.05) is 52.0 Å². The first kappa shape index (κ1) is 19.5. The highest BCUT2D eigenvalue weighted by Crippen LogP contribution is 2.41. The number of ether oxygens (including phenoxy) is 2. The largest absolute Gasteiger partial charge is 0.467 e. The van der Waals surface area contributed by atoms with Gasteiger partial charge < -0.3 is 19.3 Å². The van der Waals surface area contributed by atoms with Crippen molar-refractivity contribution in [1.82, 2.24) is 24.6 Å². The molecule has 2 saturated heterocycles. The number of nitrogens with zero attached hydrogens (tertiary/aromatic N) is 6. The maximum Gasteiger partial charge on any atom is 0.188 e. The van der Waals surface area contributed by atoms with Crippen LogP contribution in [0.2, 0.25) is 0 Å². The van der Waals surface area contributed by atoms with E-state index in [1.807, 2.05) is 31.4 Å². The van der Waals surface area contributed by atoms with Crippen LogP contribution in [0.4, 0.5) is 5.82 Å². The Kier molecular flexibility index (Phi) is 4.34. The molecule has 0 unspecified atom stereocenters. The van der Waals surface area contributed by atoms with Gasteiger partial charge in [0.25, 0.3) is 0 Å². The molecule has 0 atom stereocenters. The molecule has 4 aromatic rings. The second-order valence-corrected chi connectivity index (χ2v) is 9.19. The number of fused-ring (bicyclic) bond motifs is 2. The first-order valence-corrected chi connectivity index (χ1v) is 10.8. The van der Waals surface area contributed by atoms with Gasteiger partial charge in [0, 0.05) is 69.0 Å². The molecule has 1 spiro atoms. The van der Waals surface area contributed by atoms with Gasteiger partial charge in [-0.2, -0.15) is 5.10 Å². The molecule has 164 valence electrons. The highest BCUT2D eigenvalue weighted by atomic mass is 16.7. The number of hydrogen-bond donors (Lipinski definition) is 0. The van der Waals surface area contributed by atoms with Crippen LogP contribution in [0.1, 0.15) is 0 Å². The summed E-state index contributed by atoms with van der Waals surface area (Å²) in [5.41, 5.74) is 4.88. The number of anilines is 1. The number of hydrogen-bond acceptors (Lipinski definition) is 7. The number of rotatable bonds is 5. The van der Waals surface area contributed by atoms with E-state index in [2.05, 4.69) is 40.1 Å². The Morgan fingerprint density at radius 1 is 0.938 bits per heavy atom. The number of aromatic nitrogens is 4. The fourth-order valence-corrected chi connectivity index (χ4v) is 5.17. The maximum atomic E-state index is 5.85. The third kappa shape index (κ3) is 3.18. The molecule has 0 radical (unpaired) electrons. The first-order valence-electron chi connectivity index (χ1n) is 10.8. The van der Waals surface area contributed by atoms with Crippen LogP contribution in [-0.4, -0.2) is 71.8 Å². The molecule has 8 heteroatoms. The van der Waals surface area contributed by atoms with E-state index in [1.54, 1.807) is 11.8 Å².